The molecule has 82 valence electrons. The second-order valence-corrected chi connectivity index (χ2v) is 5.57. The van der Waals surface area contributed by atoms with Gasteiger partial charge in [-0.2, -0.15) is 0 Å². The van der Waals surface area contributed by atoms with Gasteiger partial charge in [-0.3, -0.25) is 4.79 Å². The lowest BCUT2D eigenvalue weighted by Crippen LogP contribution is -1.86. The van der Waals surface area contributed by atoms with Gasteiger partial charge in [0.25, 0.3) is 0 Å². The molecule has 2 rings (SSSR count). The first-order valence-corrected chi connectivity index (χ1v) is 6.54. The third kappa shape index (κ3) is 2.71. The molecule has 0 saturated carbocycles. The van der Waals surface area contributed by atoms with Crippen LogP contribution in [0.2, 0.25) is 0 Å². The zero-order valence-corrected chi connectivity index (χ0v) is 10.7. The van der Waals surface area contributed by atoms with Crippen LogP contribution in [0.4, 0.5) is 0 Å². The Hall–Kier alpha value is -1.13. The molecule has 0 radical (unpaired) electrons. The maximum absolute atomic E-state index is 10.6. The van der Waals surface area contributed by atoms with Crippen LogP contribution in [0.15, 0.2) is 33.5 Å². The van der Waals surface area contributed by atoms with Crippen molar-refractivity contribution >= 4 is 29.4 Å². The minimum absolute atomic E-state index is 0.756. The highest BCUT2D eigenvalue weighted by Crippen LogP contribution is 2.30. The Labute approximate surface area is 103 Å². The van der Waals surface area contributed by atoms with Crippen molar-refractivity contribution in [2.75, 3.05) is 0 Å². The van der Waals surface area contributed by atoms with E-state index in [1.165, 1.54) is 16.9 Å². The maximum Gasteiger partial charge on any atom is 0.160 e. The number of nitrogens with zero attached hydrogens (tertiary/aromatic N) is 1. The number of thiophene rings is 1. The van der Waals surface area contributed by atoms with Crippen molar-refractivity contribution < 1.29 is 4.79 Å². The van der Waals surface area contributed by atoms with E-state index in [1.807, 2.05) is 18.4 Å². The number of aldehydes is 1. The van der Waals surface area contributed by atoms with Gasteiger partial charge in [-0.15, -0.1) is 11.3 Å². The largest absolute Gasteiger partial charge is 0.297 e. The molecule has 0 aliphatic heterocycles. The summed E-state index contributed by atoms with van der Waals surface area (Å²) in [6, 6.07) is 5.99. The van der Waals surface area contributed by atoms with E-state index < -0.39 is 0 Å². The highest BCUT2D eigenvalue weighted by molar-refractivity contribution is 7.99. The summed E-state index contributed by atoms with van der Waals surface area (Å²) in [6.45, 7) is 4.05. The molecule has 0 spiro atoms. The molecule has 2 heterocycles. The fourth-order valence-electron chi connectivity index (χ4n) is 1.43. The lowest BCUT2D eigenvalue weighted by molar-refractivity contribution is 0.112. The zero-order chi connectivity index (χ0) is 11.5. The van der Waals surface area contributed by atoms with Crippen LogP contribution in [-0.2, 0) is 0 Å². The Morgan fingerprint density at radius 2 is 2.12 bits per heavy atom. The van der Waals surface area contributed by atoms with Crippen LogP contribution in [0, 0.1) is 13.8 Å². The third-order valence-electron chi connectivity index (χ3n) is 2.01. The average molecular weight is 249 g/mol. The fraction of sp³-hybridized carbons (Fsp3) is 0.167. The topological polar surface area (TPSA) is 30.0 Å². The molecular formula is C12H11NOS2. The third-order valence-corrected chi connectivity index (χ3v) is 3.91. The number of rotatable bonds is 3. The normalized spacial score (nSPS) is 10.4. The van der Waals surface area contributed by atoms with Gasteiger partial charge in [0.15, 0.2) is 6.29 Å². The van der Waals surface area contributed by atoms with Crippen LogP contribution in [0.1, 0.15) is 20.9 Å². The molecule has 0 amide bonds. The highest BCUT2D eigenvalue weighted by atomic mass is 32.2. The van der Waals surface area contributed by atoms with Gasteiger partial charge in [0.2, 0.25) is 0 Å². The molecule has 0 atom stereocenters. The Balaban J connectivity index is 2.22. The van der Waals surface area contributed by atoms with Crippen molar-refractivity contribution in [2.24, 2.45) is 0 Å². The minimum Gasteiger partial charge on any atom is -0.297 e. The summed E-state index contributed by atoms with van der Waals surface area (Å²) < 4.78 is 0. The second-order valence-electron chi connectivity index (χ2n) is 3.53. The van der Waals surface area contributed by atoms with E-state index in [2.05, 4.69) is 24.0 Å². The number of aromatic nitrogens is 1. The van der Waals surface area contributed by atoms with Crippen molar-refractivity contribution in [3.63, 3.8) is 0 Å². The Bertz CT molecular complexity index is 499. The Morgan fingerprint density at radius 1 is 1.31 bits per heavy atom. The molecule has 2 aromatic heterocycles. The fourth-order valence-corrected chi connectivity index (χ4v) is 3.27. The van der Waals surface area contributed by atoms with Crippen molar-refractivity contribution in [3.8, 4) is 0 Å². The van der Waals surface area contributed by atoms with E-state index in [9.17, 15) is 4.79 Å². The summed E-state index contributed by atoms with van der Waals surface area (Å²) in [5.41, 5.74) is 2.23. The lowest BCUT2D eigenvalue weighted by atomic mass is 10.3. The number of hydrogen-bond acceptors (Lipinski definition) is 4. The van der Waals surface area contributed by atoms with Gasteiger partial charge in [0.1, 0.15) is 5.03 Å². The molecule has 2 nitrogen and oxygen atoms in total. The number of pyridine rings is 1. The monoisotopic (exact) mass is 249 g/mol. The van der Waals surface area contributed by atoms with Crippen LogP contribution >= 0.6 is 23.1 Å². The molecule has 0 aliphatic rings. The van der Waals surface area contributed by atoms with Crippen LogP contribution < -0.4 is 0 Å². The quantitative estimate of drug-likeness (QED) is 0.776. The SMILES string of the molecule is Cc1cc(C)nc(Sc2csc(C=O)c2)c1. The van der Waals surface area contributed by atoms with Crippen molar-refractivity contribution in [2.45, 2.75) is 23.8 Å². The molecule has 0 saturated heterocycles. The molecule has 0 bridgehead atoms. The van der Waals surface area contributed by atoms with Gasteiger partial charge in [-0.05, 0) is 37.6 Å². The summed E-state index contributed by atoms with van der Waals surface area (Å²) in [5.74, 6) is 0. The summed E-state index contributed by atoms with van der Waals surface area (Å²) in [5, 5.41) is 2.96. The first-order valence-electron chi connectivity index (χ1n) is 4.84. The number of carbonyl (C=O) groups excluding carboxylic acids is 1. The van der Waals surface area contributed by atoms with E-state index in [0.29, 0.717) is 0 Å². The molecule has 0 N–H and O–H groups in total. The van der Waals surface area contributed by atoms with E-state index in [0.717, 1.165) is 26.8 Å². The van der Waals surface area contributed by atoms with Crippen LogP contribution in [0.5, 0.6) is 0 Å². The van der Waals surface area contributed by atoms with Gasteiger partial charge in [0.05, 0.1) is 4.88 Å². The smallest absolute Gasteiger partial charge is 0.160 e. The Kier molecular flexibility index (Phi) is 3.41. The van der Waals surface area contributed by atoms with Gasteiger partial charge < -0.3 is 0 Å². The predicted molar refractivity (Wildman–Crippen MR) is 67.5 cm³/mol. The summed E-state index contributed by atoms with van der Waals surface area (Å²) in [7, 11) is 0. The van der Waals surface area contributed by atoms with Gasteiger partial charge in [-0.25, -0.2) is 4.98 Å². The van der Waals surface area contributed by atoms with Crippen molar-refractivity contribution in [1.29, 1.82) is 0 Å². The molecule has 0 aliphatic carbocycles. The number of aryl methyl sites for hydroxylation is 2. The standard InChI is InChI=1S/C12H11NOS2/c1-8-3-9(2)13-12(4-8)16-11-5-10(6-14)15-7-11/h3-7H,1-2H3. The number of hydrogen-bond donors (Lipinski definition) is 0. The van der Waals surface area contributed by atoms with Crippen molar-refractivity contribution in [1.82, 2.24) is 4.98 Å². The molecule has 0 aromatic carbocycles. The van der Waals surface area contributed by atoms with E-state index in [4.69, 9.17) is 0 Å². The van der Waals surface area contributed by atoms with E-state index >= 15 is 0 Å². The average Bonchev–Trinajstić information content (AvgIpc) is 2.64. The van der Waals surface area contributed by atoms with Gasteiger partial charge in [0, 0.05) is 16.0 Å². The predicted octanol–water partition coefficient (Wildman–Crippen LogP) is 3.72. The second kappa shape index (κ2) is 4.80. The van der Waals surface area contributed by atoms with Gasteiger partial charge >= 0.3 is 0 Å². The first kappa shape index (κ1) is 11.4. The molecule has 4 heteroatoms. The van der Waals surface area contributed by atoms with Crippen LogP contribution in [-0.4, -0.2) is 11.3 Å². The molecule has 2 aromatic rings. The molecule has 0 fully saturated rings. The first-order chi connectivity index (χ1) is 7.67. The summed E-state index contributed by atoms with van der Waals surface area (Å²) in [4.78, 5) is 16.8. The summed E-state index contributed by atoms with van der Waals surface area (Å²) >= 11 is 3.05. The number of carbonyl (C=O) groups is 1. The van der Waals surface area contributed by atoms with E-state index in [-0.39, 0.29) is 0 Å². The molecule has 16 heavy (non-hydrogen) atoms. The lowest BCUT2D eigenvalue weighted by Gasteiger charge is -2.01. The van der Waals surface area contributed by atoms with Crippen LogP contribution in [0.25, 0.3) is 0 Å². The van der Waals surface area contributed by atoms with Crippen LogP contribution in [0.3, 0.4) is 0 Å². The van der Waals surface area contributed by atoms with Gasteiger partial charge in [-0.1, -0.05) is 11.8 Å². The zero-order valence-electron chi connectivity index (χ0n) is 9.06. The maximum atomic E-state index is 10.6. The Morgan fingerprint density at radius 3 is 2.75 bits per heavy atom. The molecular weight excluding hydrogens is 238 g/mol. The summed E-state index contributed by atoms with van der Waals surface area (Å²) in [6.07, 6.45) is 0.879. The highest BCUT2D eigenvalue weighted by Gasteiger charge is 2.03. The minimum atomic E-state index is 0.756. The molecule has 0 unspecified atom stereocenters. The van der Waals surface area contributed by atoms with E-state index in [1.54, 1.807) is 11.8 Å². The van der Waals surface area contributed by atoms with Crippen molar-refractivity contribution in [3.05, 3.63) is 39.7 Å².